The quantitative estimate of drug-likeness (QED) is 0.711. The van der Waals surface area contributed by atoms with Crippen LogP contribution in [0.2, 0.25) is 0 Å². The first-order valence-electron chi connectivity index (χ1n) is 7.21. The SMILES string of the molecule is CNC(CCCOC)C1(OC)CCC(C)(C)CC1. The Labute approximate surface area is 113 Å². The molecule has 0 heterocycles. The Morgan fingerprint density at radius 1 is 1.11 bits per heavy atom. The van der Waals surface area contributed by atoms with Crippen LogP contribution >= 0.6 is 0 Å². The molecule has 1 aliphatic carbocycles. The lowest BCUT2D eigenvalue weighted by Crippen LogP contribution is -2.53. The highest BCUT2D eigenvalue weighted by Gasteiger charge is 2.43. The van der Waals surface area contributed by atoms with Crippen molar-refractivity contribution in [1.82, 2.24) is 5.32 Å². The monoisotopic (exact) mass is 257 g/mol. The molecular formula is C15H31NO2. The fraction of sp³-hybridized carbons (Fsp3) is 1.00. The van der Waals surface area contributed by atoms with Gasteiger partial charge >= 0.3 is 0 Å². The Hall–Kier alpha value is -0.120. The van der Waals surface area contributed by atoms with Crippen LogP contribution in [-0.4, -0.2) is 39.5 Å². The lowest BCUT2D eigenvalue weighted by molar-refractivity contribution is -0.0874. The standard InChI is InChI=1S/C15H31NO2/c1-14(2)8-10-15(18-5,11-9-14)13(16-3)7-6-12-17-4/h13,16H,6-12H2,1-5H3. The van der Waals surface area contributed by atoms with E-state index in [2.05, 4.69) is 26.2 Å². The predicted molar refractivity (Wildman–Crippen MR) is 75.9 cm³/mol. The summed E-state index contributed by atoms with van der Waals surface area (Å²) in [5, 5.41) is 3.47. The normalized spacial score (nSPS) is 23.8. The molecule has 0 spiro atoms. The highest BCUT2D eigenvalue weighted by atomic mass is 16.5. The van der Waals surface area contributed by atoms with Gasteiger partial charge in [0.1, 0.15) is 0 Å². The average Bonchev–Trinajstić information content (AvgIpc) is 2.36. The second-order valence-corrected chi connectivity index (χ2v) is 6.41. The van der Waals surface area contributed by atoms with Gasteiger partial charge < -0.3 is 14.8 Å². The number of rotatable bonds is 7. The van der Waals surface area contributed by atoms with E-state index in [9.17, 15) is 0 Å². The zero-order valence-electron chi connectivity index (χ0n) is 12.8. The first-order chi connectivity index (χ1) is 8.49. The molecule has 0 aromatic carbocycles. The van der Waals surface area contributed by atoms with Gasteiger partial charge in [-0.3, -0.25) is 0 Å². The van der Waals surface area contributed by atoms with Crippen molar-refractivity contribution in [3.63, 3.8) is 0 Å². The van der Waals surface area contributed by atoms with Gasteiger partial charge in [0.15, 0.2) is 0 Å². The van der Waals surface area contributed by atoms with Crippen molar-refractivity contribution in [2.75, 3.05) is 27.9 Å². The number of likely N-dealkylation sites (N-methyl/N-ethyl adjacent to an activating group) is 1. The highest BCUT2D eigenvalue weighted by Crippen LogP contribution is 2.44. The Morgan fingerprint density at radius 3 is 2.17 bits per heavy atom. The molecule has 0 aromatic heterocycles. The Bertz CT molecular complexity index is 231. The molecule has 3 nitrogen and oxygen atoms in total. The van der Waals surface area contributed by atoms with E-state index in [1.807, 2.05) is 7.11 Å². The van der Waals surface area contributed by atoms with Crippen molar-refractivity contribution >= 4 is 0 Å². The number of hydrogen-bond acceptors (Lipinski definition) is 3. The predicted octanol–water partition coefficient (Wildman–Crippen LogP) is 2.99. The number of nitrogens with one attached hydrogen (secondary N) is 1. The summed E-state index contributed by atoms with van der Waals surface area (Å²) in [6.45, 7) is 5.57. The average molecular weight is 257 g/mol. The van der Waals surface area contributed by atoms with Gasteiger partial charge in [0.25, 0.3) is 0 Å². The van der Waals surface area contributed by atoms with E-state index in [-0.39, 0.29) is 5.60 Å². The first-order valence-corrected chi connectivity index (χ1v) is 7.21. The van der Waals surface area contributed by atoms with Crippen LogP contribution < -0.4 is 5.32 Å². The topological polar surface area (TPSA) is 30.5 Å². The van der Waals surface area contributed by atoms with Crippen LogP contribution in [0.25, 0.3) is 0 Å². The van der Waals surface area contributed by atoms with E-state index in [1.165, 1.54) is 12.8 Å². The van der Waals surface area contributed by atoms with Crippen LogP contribution in [0.3, 0.4) is 0 Å². The zero-order valence-corrected chi connectivity index (χ0v) is 12.8. The molecule has 1 N–H and O–H groups in total. The molecule has 18 heavy (non-hydrogen) atoms. The summed E-state index contributed by atoms with van der Waals surface area (Å²) in [6, 6.07) is 0.439. The van der Waals surface area contributed by atoms with E-state index in [0.29, 0.717) is 11.5 Å². The maximum atomic E-state index is 5.95. The van der Waals surface area contributed by atoms with Crippen LogP contribution in [0.5, 0.6) is 0 Å². The Morgan fingerprint density at radius 2 is 1.72 bits per heavy atom. The van der Waals surface area contributed by atoms with Crippen molar-refractivity contribution < 1.29 is 9.47 Å². The minimum Gasteiger partial charge on any atom is -0.385 e. The summed E-state index contributed by atoms with van der Waals surface area (Å²) < 4.78 is 11.1. The molecule has 0 saturated heterocycles. The van der Waals surface area contributed by atoms with Crippen molar-refractivity contribution in [2.24, 2.45) is 5.41 Å². The fourth-order valence-electron chi connectivity index (χ4n) is 3.15. The van der Waals surface area contributed by atoms with Crippen LogP contribution in [-0.2, 0) is 9.47 Å². The van der Waals surface area contributed by atoms with Gasteiger partial charge in [-0.25, -0.2) is 0 Å². The van der Waals surface area contributed by atoms with Gasteiger partial charge in [0.05, 0.1) is 5.60 Å². The van der Waals surface area contributed by atoms with Gasteiger partial charge in [0.2, 0.25) is 0 Å². The fourth-order valence-corrected chi connectivity index (χ4v) is 3.15. The third-order valence-electron chi connectivity index (χ3n) is 4.68. The van der Waals surface area contributed by atoms with Gasteiger partial charge in [-0.15, -0.1) is 0 Å². The molecule has 1 unspecified atom stereocenters. The second kappa shape index (κ2) is 6.88. The Balaban J connectivity index is 2.61. The first kappa shape index (κ1) is 15.9. The summed E-state index contributed by atoms with van der Waals surface area (Å²) in [5.41, 5.74) is 0.505. The molecule has 108 valence electrons. The molecule has 0 bridgehead atoms. The lowest BCUT2D eigenvalue weighted by Gasteiger charge is -2.47. The van der Waals surface area contributed by atoms with Crippen LogP contribution in [0.15, 0.2) is 0 Å². The van der Waals surface area contributed by atoms with Gasteiger partial charge in [-0.05, 0) is 51.0 Å². The van der Waals surface area contributed by atoms with Gasteiger partial charge in [-0.2, -0.15) is 0 Å². The molecule has 1 aliphatic rings. The zero-order chi connectivity index (χ0) is 13.6. The summed E-state index contributed by atoms with van der Waals surface area (Å²) >= 11 is 0. The maximum absolute atomic E-state index is 5.95. The number of hydrogen-bond donors (Lipinski definition) is 1. The van der Waals surface area contributed by atoms with Crippen molar-refractivity contribution in [1.29, 1.82) is 0 Å². The minimum atomic E-state index is 0.0258. The molecule has 0 amide bonds. The van der Waals surface area contributed by atoms with Gasteiger partial charge in [0, 0.05) is 26.9 Å². The summed E-state index contributed by atoms with van der Waals surface area (Å²) in [6.07, 6.45) is 7.05. The molecular weight excluding hydrogens is 226 g/mol. The van der Waals surface area contributed by atoms with E-state index < -0.39 is 0 Å². The van der Waals surface area contributed by atoms with Gasteiger partial charge in [-0.1, -0.05) is 13.8 Å². The molecule has 1 rings (SSSR count). The molecule has 3 heteroatoms. The molecule has 0 aliphatic heterocycles. The summed E-state index contributed by atoms with van der Waals surface area (Å²) in [4.78, 5) is 0. The molecule has 0 radical (unpaired) electrons. The third kappa shape index (κ3) is 3.94. The molecule has 0 aromatic rings. The second-order valence-electron chi connectivity index (χ2n) is 6.41. The maximum Gasteiger partial charge on any atom is 0.0831 e. The van der Waals surface area contributed by atoms with E-state index in [1.54, 1.807) is 7.11 Å². The van der Waals surface area contributed by atoms with Crippen LogP contribution in [0, 0.1) is 5.41 Å². The van der Waals surface area contributed by atoms with Crippen molar-refractivity contribution in [3.05, 3.63) is 0 Å². The molecule has 1 fully saturated rings. The largest absolute Gasteiger partial charge is 0.385 e. The lowest BCUT2D eigenvalue weighted by atomic mass is 9.68. The third-order valence-corrected chi connectivity index (χ3v) is 4.68. The number of ether oxygens (including phenoxy) is 2. The van der Waals surface area contributed by atoms with E-state index in [4.69, 9.17) is 9.47 Å². The smallest absolute Gasteiger partial charge is 0.0831 e. The molecule has 1 atom stereocenters. The number of methoxy groups -OCH3 is 2. The van der Waals surface area contributed by atoms with Crippen molar-refractivity contribution in [2.45, 2.75) is 64.0 Å². The summed E-state index contributed by atoms with van der Waals surface area (Å²) in [7, 11) is 5.70. The van der Waals surface area contributed by atoms with Crippen molar-refractivity contribution in [3.8, 4) is 0 Å². The minimum absolute atomic E-state index is 0.0258. The van der Waals surface area contributed by atoms with E-state index >= 15 is 0 Å². The van der Waals surface area contributed by atoms with Crippen LogP contribution in [0.4, 0.5) is 0 Å². The Kier molecular flexibility index (Phi) is 6.09. The van der Waals surface area contributed by atoms with Crippen LogP contribution in [0.1, 0.15) is 52.4 Å². The molecule has 1 saturated carbocycles. The highest BCUT2D eigenvalue weighted by molar-refractivity contribution is 4.98. The summed E-state index contributed by atoms with van der Waals surface area (Å²) in [5.74, 6) is 0. The van der Waals surface area contributed by atoms with E-state index in [0.717, 1.165) is 32.3 Å².